The number of carbonyl (C=O) groups excluding carboxylic acids is 1. The van der Waals surface area contributed by atoms with Crippen LogP contribution >= 0.6 is 11.6 Å². The molecule has 3 N–H and O–H groups in total. The molecule has 132 valence electrons. The number of amides is 1. The highest BCUT2D eigenvalue weighted by Crippen LogP contribution is 2.23. The van der Waals surface area contributed by atoms with Gasteiger partial charge in [0.2, 0.25) is 5.88 Å². The standard InChI is InChI=1S/C8H7N3O.C7H5ClF3NO/c9-8(12)7-6-4-10-3-5(6)1-2-11-7;8-5-2-1-3-12-6(5)13-4-7(9,10)11/h1-4,10H,(H2,9,12);1-3H,4H2. The van der Waals surface area contributed by atoms with Crippen LogP contribution < -0.4 is 10.5 Å². The zero-order valence-electron chi connectivity index (χ0n) is 12.5. The number of aromatic amines is 1. The number of nitrogens with zero attached hydrogens (tertiary/aromatic N) is 2. The number of ether oxygens (including phenoxy) is 1. The Labute approximate surface area is 144 Å². The molecule has 0 fully saturated rings. The van der Waals surface area contributed by atoms with Crippen LogP contribution in [0.1, 0.15) is 10.5 Å². The summed E-state index contributed by atoms with van der Waals surface area (Å²) >= 11 is 5.50. The van der Waals surface area contributed by atoms with Gasteiger partial charge >= 0.3 is 6.18 Å². The van der Waals surface area contributed by atoms with Gasteiger partial charge in [0.25, 0.3) is 5.91 Å². The Morgan fingerprint density at radius 3 is 2.64 bits per heavy atom. The monoisotopic (exact) mass is 372 g/mol. The van der Waals surface area contributed by atoms with Crippen molar-refractivity contribution in [2.45, 2.75) is 6.18 Å². The minimum atomic E-state index is -4.37. The van der Waals surface area contributed by atoms with Crippen LogP contribution in [0.25, 0.3) is 10.8 Å². The third kappa shape index (κ3) is 5.35. The second kappa shape index (κ2) is 7.84. The number of nitrogens with two attached hydrogens (primary N) is 1. The Morgan fingerprint density at radius 1 is 1.24 bits per heavy atom. The summed E-state index contributed by atoms with van der Waals surface area (Å²) in [5.41, 5.74) is 5.44. The molecule has 3 aromatic rings. The lowest BCUT2D eigenvalue weighted by Gasteiger charge is -2.08. The van der Waals surface area contributed by atoms with Gasteiger partial charge in [-0.3, -0.25) is 9.78 Å². The van der Waals surface area contributed by atoms with E-state index in [0.29, 0.717) is 5.69 Å². The Morgan fingerprint density at radius 2 is 2.00 bits per heavy atom. The van der Waals surface area contributed by atoms with Crippen LogP contribution in [0.4, 0.5) is 13.2 Å². The molecule has 3 rings (SSSR count). The maximum atomic E-state index is 11.7. The summed E-state index contributed by atoms with van der Waals surface area (Å²) < 4.78 is 39.4. The van der Waals surface area contributed by atoms with Crippen molar-refractivity contribution >= 4 is 28.3 Å². The summed E-state index contributed by atoms with van der Waals surface area (Å²) in [5.74, 6) is -0.707. The molecule has 0 bridgehead atoms. The van der Waals surface area contributed by atoms with Gasteiger partial charge in [-0.15, -0.1) is 0 Å². The molecule has 0 aliphatic heterocycles. The van der Waals surface area contributed by atoms with E-state index in [0.717, 1.165) is 10.8 Å². The minimum Gasteiger partial charge on any atom is -0.467 e. The molecule has 0 aromatic carbocycles. The Kier molecular flexibility index (Phi) is 5.81. The first-order valence-electron chi connectivity index (χ1n) is 6.79. The van der Waals surface area contributed by atoms with Crippen LogP contribution in [0.2, 0.25) is 5.02 Å². The number of carbonyl (C=O) groups is 1. The zero-order valence-corrected chi connectivity index (χ0v) is 13.3. The molecule has 6 nitrogen and oxygen atoms in total. The first-order chi connectivity index (χ1) is 11.8. The van der Waals surface area contributed by atoms with Gasteiger partial charge in [-0.05, 0) is 18.2 Å². The van der Waals surface area contributed by atoms with E-state index in [1.807, 2.05) is 6.07 Å². The Hall–Kier alpha value is -2.81. The first-order valence-corrected chi connectivity index (χ1v) is 7.17. The second-order valence-corrected chi connectivity index (χ2v) is 5.08. The van der Waals surface area contributed by atoms with Crippen molar-refractivity contribution in [2.75, 3.05) is 6.61 Å². The number of hydrogen-bond acceptors (Lipinski definition) is 4. The van der Waals surface area contributed by atoms with Crippen LogP contribution in [0.3, 0.4) is 0 Å². The molecule has 0 aliphatic carbocycles. The number of hydrogen-bond donors (Lipinski definition) is 2. The van der Waals surface area contributed by atoms with Crippen molar-refractivity contribution < 1.29 is 22.7 Å². The molecule has 10 heteroatoms. The lowest BCUT2D eigenvalue weighted by molar-refractivity contribution is -0.154. The third-order valence-corrected chi connectivity index (χ3v) is 3.11. The maximum absolute atomic E-state index is 11.7. The Bertz CT molecular complexity index is 867. The van der Waals surface area contributed by atoms with E-state index in [1.165, 1.54) is 18.3 Å². The fourth-order valence-corrected chi connectivity index (χ4v) is 1.98. The summed E-state index contributed by atoms with van der Waals surface area (Å²) in [6, 6.07) is 4.72. The molecule has 1 amide bonds. The normalized spacial score (nSPS) is 10.9. The average molecular weight is 373 g/mol. The van der Waals surface area contributed by atoms with Crippen LogP contribution in [-0.4, -0.2) is 33.6 Å². The highest BCUT2D eigenvalue weighted by molar-refractivity contribution is 6.31. The van der Waals surface area contributed by atoms with E-state index < -0.39 is 18.7 Å². The van der Waals surface area contributed by atoms with Crippen molar-refractivity contribution in [3.8, 4) is 5.88 Å². The average Bonchev–Trinajstić information content (AvgIpc) is 3.02. The third-order valence-electron chi connectivity index (χ3n) is 2.82. The molecule has 0 unspecified atom stereocenters. The van der Waals surface area contributed by atoms with Gasteiger partial charge in [0.05, 0.1) is 0 Å². The number of fused-ring (bicyclic) bond motifs is 1. The van der Waals surface area contributed by atoms with E-state index in [-0.39, 0.29) is 10.9 Å². The number of nitrogens with one attached hydrogen (secondary N) is 1. The van der Waals surface area contributed by atoms with Crippen molar-refractivity contribution in [2.24, 2.45) is 5.73 Å². The van der Waals surface area contributed by atoms with Gasteiger partial charge in [0.15, 0.2) is 6.61 Å². The fraction of sp³-hybridized carbons (Fsp3) is 0.133. The molecular formula is C15H12ClF3N4O2. The molecular weight excluding hydrogens is 361 g/mol. The summed E-state index contributed by atoms with van der Waals surface area (Å²) in [7, 11) is 0. The quantitative estimate of drug-likeness (QED) is 0.737. The molecule has 25 heavy (non-hydrogen) atoms. The van der Waals surface area contributed by atoms with Gasteiger partial charge in [-0.2, -0.15) is 13.2 Å². The van der Waals surface area contributed by atoms with E-state index in [4.69, 9.17) is 17.3 Å². The van der Waals surface area contributed by atoms with Gasteiger partial charge in [-0.25, -0.2) is 4.98 Å². The molecule has 0 saturated carbocycles. The van der Waals surface area contributed by atoms with Crippen LogP contribution in [-0.2, 0) is 0 Å². The smallest absolute Gasteiger partial charge is 0.422 e. The molecule has 0 atom stereocenters. The summed E-state index contributed by atoms with van der Waals surface area (Å²) in [6.07, 6.45) is 2.00. The molecule has 0 spiro atoms. The molecule has 0 radical (unpaired) electrons. The SMILES string of the molecule is FC(F)(F)COc1ncccc1Cl.NC(=O)c1nccc2c[nH]cc12. The van der Waals surface area contributed by atoms with Crippen molar-refractivity contribution in [1.29, 1.82) is 0 Å². The highest BCUT2D eigenvalue weighted by Gasteiger charge is 2.28. The van der Waals surface area contributed by atoms with Crippen molar-refractivity contribution in [3.05, 3.63) is 53.7 Å². The van der Waals surface area contributed by atoms with E-state index >= 15 is 0 Å². The number of rotatable bonds is 3. The maximum Gasteiger partial charge on any atom is 0.422 e. The number of pyridine rings is 2. The largest absolute Gasteiger partial charge is 0.467 e. The van der Waals surface area contributed by atoms with Crippen LogP contribution in [0.5, 0.6) is 5.88 Å². The molecule has 0 saturated heterocycles. The van der Waals surface area contributed by atoms with E-state index in [1.54, 1.807) is 18.6 Å². The van der Waals surface area contributed by atoms with Crippen LogP contribution in [0.15, 0.2) is 43.0 Å². The topological polar surface area (TPSA) is 93.9 Å². The highest BCUT2D eigenvalue weighted by atomic mass is 35.5. The first kappa shape index (κ1) is 18.5. The fourth-order valence-electron chi connectivity index (χ4n) is 1.80. The number of aromatic nitrogens is 3. The van der Waals surface area contributed by atoms with E-state index in [2.05, 4.69) is 19.7 Å². The number of halogens is 4. The molecule has 0 aliphatic rings. The van der Waals surface area contributed by atoms with Gasteiger partial charge < -0.3 is 15.5 Å². The number of primary amides is 1. The predicted molar refractivity (Wildman–Crippen MR) is 85.4 cm³/mol. The second-order valence-electron chi connectivity index (χ2n) is 4.68. The predicted octanol–water partition coefficient (Wildman–Crippen LogP) is 3.34. The number of alkyl halides is 3. The number of H-pyrrole nitrogens is 1. The lowest BCUT2D eigenvalue weighted by atomic mass is 10.2. The van der Waals surface area contributed by atoms with Crippen molar-refractivity contribution in [3.63, 3.8) is 0 Å². The van der Waals surface area contributed by atoms with Gasteiger partial charge in [-0.1, -0.05) is 11.6 Å². The van der Waals surface area contributed by atoms with Gasteiger partial charge in [0.1, 0.15) is 10.7 Å². The minimum absolute atomic E-state index is 0.0618. The Balaban J connectivity index is 0.000000181. The summed E-state index contributed by atoms with van der Waals surface area (Å²) in [4.78, 5) is 21.2. The van der Waals surface area contributed by atoms with Gasteiger partial charge in [0, 0.05) is 35.6 Å². The zero-order chi connectivity index (χ0) is 18.4. The lowest BCUT2D eigenvalue weighted by Crippen LogP contribution is -2.19. The van der Waals surface area contributed by atoms with Crippen molar-refractivity contribution in [1.82, 2.24) is 15.0 Å². The summed E-state index contributed by atoms with van der Waals surface area (Å²) in [6.45, 7) is -1.39. The molecule has 3 aromatic heterocycles. The van der Waals surface area contributed by atoms with Crippen LogP contribution in [0, 0.1) is 0 Å². The van der Waals surface area contributed by atoms with E-state index in [9.17, 15) is 18.0 Å². The summed E-state index contributed by atoms with van der Waals surface area (Å²) in [5, 5.41) is 1.77. The molecule has 3 heterocycles.